The number of benzene rings is 2. The van der Waals surface area contributed by atoms with E-state index in [0.29, 0.717) is 0 Å². The van der Waals surface area contributed by atoms with E-state index >= 15 is 0 Å². The first-order valence-corrected chi connectivity index (χ1v) is 7.10. The quantitative estimate of drug-likeness (QED) is 0.628. The highest BCUT2D eigenvalue weighted by molar-refractivity contribution is 6.31. The molecule has 0 aliphatic heterocycles. The predicted octanol–water partition coefficient (Wildman–Crippen LogP) is 5.35. The number of para-hydroxylation sites is 2. The Bertz CT molecular complexity index is 556. The summed E-state index contributed by atoms with van der Waals surface area (Å²) in [4.78, 5) is 9.18. The fourth-order valence-corrected chi connectivity index (χ4v) is 1.84. The van der Waals surface area contributed by atoms with Crippen molar-refractivity contribution < 1.29 is 0 Å². The Balaban J connectivity index is 2.15. The van der Waals surface area contributed by atoms with Gasteiger partial charge in [-0.2, -0.15) is 0 Å². The van der Waals surface area contributed by atoms with Gasteiger partial charge in [0.05, 0.1) is 17.1 Å². The molecule has 2 nitrogen and oxygen atoms in total. The molecular formula is C18H20N2. The Kier molecular flexibility index (Phi) is 5.71. The van der Waals surface area contributed by atoms with Gasteiger partial charge in [0.2, 0.25) is 0 Å². The van der Waals surface area contributed by atoms with Gasteiger partial charge in [-0.3, -0.25) is 9.98 Å². The average molecular weight is 264 g/mol. The highest BCUT2D eigenvalue weighted by atomic mass is 14.8. The summed E-state index contributed by atoms with van der Waals surface area (Å²) in [5.41, 5.74) is 2.98. The third kappa shape index (κ3) is 4.81. The molecule has 0 unspecified atom stereocenters. The molecule has 0 heterocycles. The van der Waals surface area contributed by atoms with Gasteiger partial charge in [-0.05, 0) is 37.1 Å². The van der Waals surface area contributed by atoms with E-state index in [9.17, 15) is 0 Å². The molecule has 2 rings (SSSR count). The lowest BCUT2D eigenvalue weighted by molar-refractivity contribution is 0.839. The molecule has 0 saturated heterocycles. The van der Waals surface area contributed by atoms with Crippen molar-refractivity contribution in [2.24, 2.45) is 9.98 Å². The highest BCUT2D eigenvalue weighted by Gasteiger charge is 1.97. The monoisotopic (exact) mass is 264 g/mol. The molecule has 20 heavy (non-hydrogen) atoms. The van der Waals surface area contributed by atoms with E-state index in [-0.39, 0.29) is 0 Å². The van der Waals surface area contributed by atoms with Crippen molar-refractivity contribution in [1.82, 2.24) is 0 Å². The SMILES string of the molecule is CCCCC(C=Nc1ccccc1)=Nc1ccccc1. The van der Waals surface area contributed by atoms with Crippen LogP contribution in [0.2, 0.25) is 0 Å². The minimum atomic E-state index is 0.960. The predicted molar refractivity (Wildman–Crippen MR) is 87.7 cm³/mol. The van der Waals surface area contributed by atoms with Crippen molar-refractivity contribution >= 4 is 23.3 Å². The summed E-state index contributed by atoms with van der Waals surface area (Å²) in [5, 5.41) is 0. The average Bonchev–Trinajstić information content (AvgIpc) is 2.52. The van der Waals surface area contributed by atoms with E-state index in [1.165, 1.54) is 0 Å². The fourth-order valence-electron chi connectivity index (χ4n) is 1.84. The van der Waals surface area contributed by atoms with Gasteiger partial charge >= 0.3 is 0 Å². The summed E-state index contributed by atoms with van der Waals surface area (Å²) in [6.45, 7) is 2.19. The lowest BCUT2D eigenvalue weighted by atomic mass is 10.2. The fraction of sp³-hybridized carbons (Fsp3) is 0.222. The standard InChI is InChI=1S/C18H20N2/c1-2-3-10-18(20-17-13-8-5-9-14-17)15-19-16-11-6-4-7-12-16/h4-9,11-15H,2-3,10H2,1H3. The molecule has 0 fully saturated rings. The number of nitrogens with zero attached hydrogens (tertiary/aromatic N) is 2. The Morgan fingerprint density at radius 3 is 2.10 bits per heavy atom. The van der Waals surface area contributed by atoms with Crippen LogP contribution in [0.5, 0.6) is 0 Å². The topological polar surface area (TPSA) is 24.7 Å². The Morgan fingerprint density at radius 2 is 1.50 bits per heavy atom. The minimum Gasteiger partial charge on any atom is -0.255 e. The van der Waals surface area contributed by atoms with Crippen molar-refractivity contribution in [2.45, 2.75) is 26.2 Å². The van der Waals surface area contributed by atoms with Crippen molar-refractivity contribution in [2.75, 3.05) is 0 Å². The van der Waals surface area contributed by atoms with Crippen LogP contribution in [-0.2, 0) is 0 Å². The molecule has 0 radical (unpaired) electrons. The first-order valence-electron chi connectivity index (χ1n) is 7.10. The maximum absolute atomic E-state index is 4.68. The van der Waals surface area contributed by atoms with Crippen molar-refractivity contribution in [1.29, 1.82) is 0 Å². The molecule has 102 valence electrons. The zero-order valence-electron chi connectivity index (χ0n) is 11.9. The summed E-state index contributed by atoms with van der Waals surface area (Å²) < 4.78 is 0. The normalized spacial score (nSPS) is 11.9. The van der Waals surface area contributed by atoms with Crippen LogP contribution < -0.4 is 0 Å². The molecule has 0 aliphatic rings. The van der Waals surface area contributed by atoms with E-state index < -0.39 is 0 Å². The molecule has 0 spiro atoms. The van der Waals surface area contributed by atoms with Gasteiger partial charge < -0.3 is 0 Å². The van der Waals surface area contributed by atoms with Crippen LogP contribution in [0, 0.1) is 0 Å². The maximum Gasteiger partial charge on any atom is 0.0633 e. The minimum absolute atomic E-state index is 0.960. The Hall–Kier alpha value is -2.22. The van der Waals surface area contributed by atoms with E-state index in [1.54, 1.807) is 0 Å². The lowest BCUT2D eigenvalue weighted by Gasteiger charge is -2.01. The summed E-state index contributed by atoms with van der Waals surface area (Å²) in [5.74, 6) is 0. The Labute approximate surface area is 120 Å². The smallest absolute Gasteiger partial charge is 0.0633 e. The van der Waals surface area contributed by atoms with Crippen LogP contribution in [0.15, 0.2) is 70.6 Å². The summed E-state index contributed by atoms with van der Waals surface area (Å²) in [6.07, 6.45) is 5.14. The number of unbranched alkanes of at least 4 members (excludes halogenated alkanes) is 1. The number of hydrogen-bond donors (Lipinski definition) is 0. The van der Waals surface area contributed by atoms with Gasteiger partial charge in [-0.1, -0.05) is 49.7 Å². The highest BCUT2D eigenvalue weighted by Crippen LogP contribution is 2.13. The van der Waals surface area contributed by atoms with E-state index in [4.69, 9.17) is 0 Å². The van der Waals surface area contributed by atoms with E-state index in [2.05, 4.69) is 16.9 Å². The van der Waals surface area contributed by atoms with Crippen molar-refractivity contribution in [3.63, 3.8) is 0 Å². The molecule has 0 saturated carbocycles. The molecule has 0 amide bonds. The number of hydrogen-bond acceptors (Lipinski definition) is 2. The number of aliphatic imine (C=N–C) groups is 2. The summed E-state index contributed by atoms with van der Waals surface area (Å²) in [6, 6.07) is 20.0. The number of rotatable bonds is 6. The van der Waals surface area contributed by atoms with E-state index in [1.807, 2.05) is 66.9 Å². The van der Waals surface area contributed by atoms with Crippen LogP contribution in [-0.4, -0.2) is 11.9 Å². The molecule has 0 bridgehead atoms. The van der Waals surface area contributed by atoms with Crippen LogP contribution in [0.1, 0.15) is 26.2 Å². The second-order valence-electron chi connectivity index (χ2n) is 4.64. The second kappa shape index (κ2) is 8.05. The zero-order valence-corrected chi connectivity index (χ0v) is 11.9. The summed E-state index contributed by atoms with van der Waals surface area (Å²) >= 11 is 0. The zero-order chi connectivity index (χ0) is 14.0. The van der Waals surface area contributed by atoms with Crippen molar-refractivity contribution in [3.8, 4) is 0 Å². The van der Waals surface area contributed by atoms with E-state index in [0.717, 1.165) is 36.3 Å². The Morgan fingerprint density at radius 1 is 0.900 bits per heavy atom. The lowest BCUT2D eigenvalue weighted by Crippen LogP contribution is -1.99. The molecule has 0 aromatic heterocycles. The maximum atomic E-state index is 4.68. The van der Waals surface area contributed by atoms with Crippen LogP contribution in [0.3, 0.4) is 0 Å². The van der Waals surface area contributed by atoms with Gasteiger partial charge in [-0.15, -0.1) is 0 Å². The molecule has 2 heteroatoms. The van der Waals surface area contributed by atoms with Gasteiger partial charge in [-0.25, -0.2) is 0 Å². The first-order chi connectivity index (χ1) is 9.88. The van der Waals surface area contributed by atoms with Crippen molar-refractivity contribution in [3.05, 3.63) is 60.7 Å². The van der Waals surface area contributed by atoms with Crippen LogP contribution in [0.4, 0.5) is 11.4 Å². The third-order valence-electron chi connectivity index (χ3n) is 2.93. The molecular weight excluding hydrogens is 244 g/mol. The molecule has 0 aliphatic carbocycles. The largest absolute Gasteiger partial charge is 0.255 e. The van der Waals surface area contributed by atoms with Gasteiger partial charge in [0.15, 0.2) is 0 Å². The van der Waals surface area contributed by atoms with Gasteiger partial charge in [0.1, 0.15) is 0 Å². The molecule has 2 aromatic carbocycles. The molecule has 0 atom stereocenters. The molecule has 2 aromatic rings. The van der Waals surface area contributed by atoms with Gasteiger partial charge in [0, 0.05) is 6.21 Å². The van der Waals surface area contributed by atoms with Crippen LogP contribution in [0.25, 0.3) is 0 Å². The first kappa shape index (κ1) is 14.2. The van der Waals surface area contributed by atoms with Crippen LogP contribution >= 0.6 is 0 Å². The second-order valence-corrected chi connectivity index (χ2v) is 4.64. The molecule has 0 N–H and O–H groups in total. The summed E-state index contributed by atoms with van der Waals surface area (Å²) in [7, 11) is 0. The third-order valence-corrected chi connectivity index (χ3v) is 2.93. The van der Waals surface area contributed by atoms with Gasteiger partial charge in [0.25, 0.3) is 0 Å².